The van der Waals surface area contributed by atoms with Crippen molar-refractivity contribution in [2.75, 3.05) is 5.32 Å². The van der Waals surface area contributed by atoms with Crippen LogP contribution in [0.2, 0.25) is 5.02 Å². The molecule has 2 rings (SSSR count). The van der Waals surface area contributed by atoms with Crippen molar-refractivity contribution >= 4 is 39.2 Å². The normalized spacial score (nSPS) is 10.5. The first-order valence-electron chi connectivity index (χ1n) is 5.44. The van der Waals surface area contributed by atoms with Gasteiger partial charge in [0.1, 0.15) is 0 Å². The van der Waals surface area contributed by atoms with E-state index in [1.807, 2.05) is 24.4 Å². The lowest BCUT2D eigenvalue weighted by Crippen LogP contribution is -2.03. The van der Waals surface area contributed by atoms with Gasteiger partial charge in [0.05, 0.1) is 5.69 Å². The fraction of sp³-hybridized carbons (Fsp3) is 0.250. The molecule has 0 aliphatic heterocycles. The zero-order valence-corrected chi connectivity index (χ0v) is 11.8. The van der Waals surface area contributed by atoms with E-state index in [1.54, 1.807) is 6.20 Å². The van der Waals surface area contributed by atoms with Crippen molar-refractivity contribution < 1.29 is 0 Å². The Hall–Kier alpha value is -1.000. The molecule has 90 valence electrons. The van der Waals surface area contributed by atoms with Crippen LogP contribution >= 0.6 is 27.5 Å². The van der Waals surface area contributed by atoms with Gasteiger partial charge >= 0.3 is 0 Å². The molecular weight excluding hydrogens is 302 g/mol. The number of nitrogens with one attached hydrogen (secondary N) is 1. The average Bonchev–Trinajstić information content (AvgIpc) is 2.71. The van der Waals surface area contributed by atoms with E-state index in [0.717, 1.165) is 29.1 Å². The monoisotopic (exact) mass is 313 g/mol. The Labute approximate surface area is 114 Å². The van der Waals surface area contributed by atoms with Crippen molar-refractivity contribution in [3.05, 3.63) is 40.1 Å². The summed E-state index contributed by atoms with van der Waals surface area (Å²) in [5.74, 6) is 0.842. The predicted octanol–water partition coefficient (Wildman–Crippen LogP) is 4.45. The van der Waals surface area contributed by atoms with Gasteiger partial charge in [-0.3, -0.25) is 0 Å². The van der Waals surface area contributed by atoms with Crippen molar-refractivity contribution in [2.45, 2.75) is 19.9 Å². The van der Waals surface area contributed by atoms with Gasteiger partial charge in [-0.1, -0.05) is 18.5 Å². The van der Waals surface area contributed by atoms with E-state index < -0.39 is 0 Å². The first kappa shape index (κ1) is 12.5. The number of hydrogen-bond donors (Lipinski definition) is 1. The van der Waals surface area contributed by atoms with Crippen LogP contribution < -0.4 is 5.32 Å². The molecule has 0 spiro atoms. The van der Waals surface area contributed by atoms with Crippen LogP contribution in [0.1, 0.15) is 13.3 Å². The second kappa shape index (κ2) is 5.56. The van der Waals surface area contributed by atoms with Gasteiger partial charge in [-0.15, -0.1) is 0 Å². The maximum atomic E-state index is 5.90. The predicted molar refractivity (Wildman–Crippen MR) is 75.0 cm³/mol. The summed E-state index contributed by atoms with van der Waals surface area (Å²) in [6.45, 7) is 3.09. The zero-order chi connectivity index (χ0) is 12.3. The van der Waals surface area contributed by atoms with Gasteiger partial charge in [-0.25, -0.2) is 4.98 Å². The summed E-state index contributed by atoms with van der Waals surface area (Å²) >= 11 is 9.37. The van der Waals surface area contributed by atoms with Crippen molar-refractivity contribution in [1.82, 2.24) is 9.55 Å². The fourth-order valence-electron chi connectivity index (χ4n) is 1.57. The van der Waals surface area contributed by atoms with Crippen LogP contribution in [0.5, 0.6) is 0 Å². The molecule has 1 aromatic heterocycles. The summed E-state index contributed by atoms with van der Waals surface area (Å²) in [4.78, 5) is 4.29. The van der Waals surface area contributed by atoms with E-state index in [2.05, 4.69) is 37.7 Å². The smallest absolute Gasteiger partial charge is 0.207 e. The number of imidazole rings is 1. The maximum Gasteiger partial charge on any atom is 0.207 e. The second-order valence-electron chi connectivity index (χ2n) is 3.69. The number of nitrogens with zero attached hydrogens (tertiary/aromatic N) is 2. The van der Waals surface area contributed by atoms with Gasteiger partial charge in [0, 0.05) is 28.4 Å². The van der Waals surface area contributed by atoms with E-state index in [4.69, 9.17) is 11.6 Å². The first-order chi connectivity index (χ1) is 8.20. The zero-order valence-electron chi connectivity index (χ0n) is 9.45. The Morgan fingerprint density at radius 1 is 1.47 bits per heavy atom. The molecule has 3 nitrogen and oxygen atoms in total. The molecule has 0 aliphatic carbocycles. The molecule has 0 fully saturated rings. The number of aryl methyl sites for hydroxylation is 1. The molecule has 1 aromatic carbocycles. The van der Waals surface area contributed by atoms with Crippen LogP contribution in [0, 0.1) is 0 Å². The molecule has 0 bridgehead atoms. The van der Waals surface area contributed by atoms with Gasteiger partial charge in [-0.05, 0) is 40.5 Å². The molecule has 5 heteroatoms. The highest BCUT2D eigenvalue weighted by atomic mass is 79.9. The highest BCUT2D eigenvalue weighted by Crippen LogP contribution is 2.28. The first-order valence-corrected chi connectivity index (χ1v) is 6.61. The quantitative estimate of drug-likeness (QED) is 0.903. The number of anilines is 2. The lowest BCUT2D eigenvalue weighted by Gasteiger charge is -2.10. The molecule has 0 saturated heterocycles. The van der Waals surface area contributed by atoms with Crippen LogP contribution in [-0.2, 0) is 6.54 Å². The van der Waals surface area contributed by atoms with Gasteiger partial charge < -0.3 is 9.88 Å². The Kier molecular flexibility index (Phi) is 4.07. The minimum absolute atomic E-state index is 0.708. The van der Waals surface area contributed by atoms with E-state index in [0.29, 0.717) is 5.02 Å². The average molecular weight is 315 g/mol. The van der Waals surface area contributed by atoms with Gasteiger partial charge in [0.2, 0.25) is 5.95 Å². The molecule has 2 aromatic rings. The van der Waals surface area contributed by atoms with E-state index in [1.165, 1.54) is 0 Å². The van der Waals surface area contributed by atoms with Gasteiger partial charge in [0.15, 0.2) is 0 Å². The summed E-state index contributed by atoms with van der Waals surface area (Å²) in [6.07, 6.45) is 4.84. The highest BCUT2D eigenvalue weighted by Gasteiger charge is 2.05. The lowest BCUT2D eigenvalue weighted by molar-refractivity contribution is 0.686. The summed E-state index contributed by atoms with van der Waals surface area (Å²) in [7, 11) is 0. The standard InChI is InChI=1S/C12H13BrClN3/c1-2-6-17-7-5-15-12(17)16-11-4-3-9(14)8-10(11)13/h3-5,7-8H,2,6H2,1H3,(H,15,16). The van der Waals surface area contributed by atoms with Gasteiger partial charge in [0.25, 0.3) is 0 Å². The molecule has 1 heterocycles. The van der Waals surface area contributed by atoms with E-state index in [9.17, 15) is 0 Å². The maximum absolute atomic E-state index is 5.90. The largest absolute Gasteiger partial charge is 0.325 e. The van der Waals surface area contributed by atoms with Crippen molar-refractivity contribution in [1.29, 1.82) is 0 Å². The molecule has 0 unspecified atom stereocenters. The lowest BCUT2D eigenvalue weighted by atomic mass is 10.3. The van der Waals surface area contributed by atoms with Crippen LogP contribution in [0.3, 0.4) is 0 Å². The summed E-state index contributed by atoms with van der Waals surface area (Å²) in [5.41, 5.74) is 0.956. The molecule has 0 aliphatic rings. The Bertz CT molecular complexity index is 510. The third-order valence-corrected chi connectivity index (χ3v) is 3.25. The fourth-order valence-corrected chi connectivity index (χ4v) is 2.35. The Morgan fingerprint density at radius 3 is 3.00 bits per heavy atom. The molecule has 0 atom stereocenters. The number of aromatic nitrogens is 2. The minimum atomic E-state index is 0.708. The van der Waals surface area contributed by atoms with Crippen LogP contribution in [0.25, 0.3) is 0 Å². The van der Waals surface area contributed by atoms with Crippen molar-refractivity contribution in [3.63, 3.8) is 0 Å². The second-order valence-corrected chi connectivity index (χ2v) is 4.98. The van der Waals surface area contributed by atoms with E-state index in [-0.39, 0.29) is 0 Å². The van der Waals surface area contributed by atoms with Gasteiger partial charge in [-0.2, -0.15) is 0 Å². The molecule has 0 saturated carbocycles. The number of hydrogen-bond acceptors (Lipinski definition) is 2. The third-order valence-electron chi connectivity index (χ3n) is 2.36. The number of halogens is 2. The van der Waals surface area contributed by atoms with Crippen molar-refractivity contribution in [3.8, 4) is 0 Å². The molecule has 0 radical (unpaired) electrons. The Morgan fingerprint density at radius 2 is 2.29 bits per heavy atom. The summed E-state index contributed by atoms with van der Waals surface area (Å²) in [5, 5.41) is 3.99. The molecule has 0 amide bonds. The number of rotatable bonds is 4. The van der Waals surface area contributed by atoms with Crippen LogP contribution in [-0.4, -0.2) is 9.55 Å². The SMILES string of the molecule is CCCn1ccnc1Nc1ccc(Cl)cc1Br. The molecule has 1 N–H and O–H groups in total. The van der Waals surface area contributed by atoms with Crippen LogP contribution in [0.4, 0.5) is 11.6 Å². The minimum Gasteiger partial charge on any atom is -0.325 e. The number of benzene rings is 1. The van der Waals surface area contributed by atoms with E-state index >= 15 is 0 Å². The molecule has 17 heavy (non-hydrogen) atoms. The summed E-state index contributed by atoms with van der Waals surface area (Å²) in [6, 6.07) is 5.64. The topological polar surface area (TPSA) is 29.9 Å². The van der Waals surface area contributed by atoms with Crippen LogP contribution in [0.15, 0.2) is 35.1 Å². The van der Waals surface area contributed by atoms with Crippen molar-refractivity contribution in [2.24, 2.45) is 0 Å². The summed E-state index contributed by atoms with van der Waals surface area (Å²) < 4.78 is 3.01. The Balaban J connectivity index is 2.22. The highest BCUT2D eigenvalue weighted by molar-refractivity contribution is 9.10. The molecular formula is C12H13BrClN3. The third kappa shape index (κ3) is 3.01.